The molecule has 0 aliphatic heterocycles. The number of primary amides is 1. The third-order valence-electron chi connectivity index (χ3n) is 4.54. The highest BCUT2D eigenvalue weighted by atomic mass is 35.5. The SMILES string of the molecule is COc1cc(P(C)(C)=O)ccc1Nc1ncc(Cl)c(Nc2ccc(C(N)=O)cc2OC(F)(F)F)n1. The fourth-order valence-corrected chi connectivity index (χ4v) is 3.87. The fraction of sp³-hybridized carbons (Fsp3) is 0.190. The largest absolute Gasteiger partial charge is 0.573 e. The Morgan fingerprint density at radius 1 is 1.09 bits per heavy atom. The normalized spacial score (nSPS) is 11.6. The van der Waals surface area contributed by atoms with E-state index >= 15 is 0 Å². The number of halogens is 4. The van der Waals surface area contributed by atoms with E-state index in [1.54, 1.807) is 31.5 Å². The van der Waals surface area contributed by atoms with E-state index in [9.17, 15) is 22.5 Å². The molecule has 0 saturated carbocycles. The minimum atomic E-state index is -5.03. The number of carbonyl (C=O) groups excluding carboxylic acids is 1. The van der Waals surface area contributed by atoms with Crippen molar-refractivity contribution in [1.29, 1.82) is 0 Å². The van der Waals surface area contributed by atoms with Crippen molar-refractivity contribution in [2.24, 2.45) is 5.73 Å². The van der Waals surface area contributed by atoms with Crippen molar-refractivity contribution in [3.63, 3.8) is 0 Å². The van der Waals surface area contributed by atoms with Crippen LogP contribution < -0.4 is 31.1 Å². The van der Waals surface area contributed by atoms with Gasteiger partial charge in [0.2, 0.25) is 11.9 Å². The highest BCUT2D eigenvalue weighted by Gasteiger charge is 2.32. The number of aromatic nitrogens is 2. The second kappa shape index (κ2) is 10.0. The van der Waals surface area contributed by atoms with E-state index in [2.05, 4.69) is 25.3 Å². The van der Waals surface area contributed by atoms with Gasteiger partial charge in [-0.25, -0.2) is 4.98 Å². The average Bonchev–Trinajstić information content (AvgIpc) is 2.75. The first kappa shape index (κ1) is 26.1. The van der Waals surface area contributed by atoms with Crippen LogP contribution in [0.3, 0.4) is 0 Å². The first-order valence-corrected chi connectivity index (χ1v) is 12.7. The van der Waals surface area contributed by atoms with E-state index in [4.69, 9.17) is 22.1 Å². The predicted molar refractivity (Wildman–Crippen MR) is 127 cm³/mol. The number of nitrogens with two attached hydrogens (primary N) is 1. The molecule has 1 amide bonds. The van der Waals surface area contributed by atoms with Gasteiger partial charge in [-0.1, -0.05) is 11.6 Å². The van der Waals surface area contributed by atoms with Gasteiger partial charge in [0.05, 0.1) is 24.7 Å². The smallest absolute Gasteiger partial charge is 0.495 e. The third kappa shape index (κ3) is 6.77. The minimum absolute atomic E-state index is 0.00676. The molecule has 0 unspecified atom stereocenters. The second-order valence-corrected chi connectivity index (χ2v) is 11.1. The van der Waals surface area contributed by atoms with E-state index in [0.29, 0.717) is 16.7 Å². The van der Waals surface area contributed by atoms with E-state index < -0.39 is 25.2 Å². The molecule has 0 atom stereocenters. The van der Waals surface area contributed by atoms with Crippen molar-refractivity contribution in [1.82, 2.24) is 9.97 Å². The number of anilines is 4. The fourth-order valence-electron chi connectivity index (χ4n) is 2.87. The van der Waals surface area contributed by atoms with Gasteiger partial charge >= 0.3 is 6.36 Å². The standard InChI is InChI=1S/C21H20ClF3N5O4P/c1-33-16-9-12(35(2,3)32)5-7-14(16)29-20-27-10-13(22)19(30-20)28-15-6-4-11(18(26)31)8-17(15)34-21(23,24)25/h4-10H,1-3H3,(H2,26,31)(H2,27,28,29,30). The lowest BCUT2D eigenvalue weighted by Crippen LogP contribution is -2.19. The molecule has 14 heteroatoms. The summed E-state index contributed by atoms with van der Waals surface area (Å²) in [7, 11) is -1.09. The molecule has 0 aliphatic rings. The van der Waals surface area contributed by atoms with Crippen molar-refractivity contribution in [3.8, 4) is 11.5 Å². The zero-order valence-electron chi connectivity index (χ0n) is 18.6. The lowest BCUT2D eigenvalue weighted by atomic mass is 10.2. The zero-order valence-corrected chi connectivity index (χ0v) is 20.3. The number of ether oxygens (including phenoxy) is 2. The summed E-state index contributed by atoms with van der Waals surface area (Å²) < 4.78 is 60.4. The summed E-state index contributed by atoms with van der Waals surface area (Å²) in [5.41, 5.74) is 5.23. The lowest BCUT2D eigenvalue weighted by Gasteiger charge is -2.17. The molecule has 9 nitrogen and oxygen atoms in total. The van der Waals surface area contributed by atoms with Crippen molar-refractivity contribution in [3.05, 3.63) is 53.2 Å². The number of methoxy groups -OCH3 is 1. The van der Waals surface area contributed by atoms with Crippen LogP contribution in [-0.2, 0) is 4.57 Å². The van der Waals surface area contributed by atoms with Gasteiger partial charge in [-0.05, 0) is 49.7 Å². The molecule has 0 radical (unpaired) electrons. The molecular weight excluding hydrogens is 510 g/mol. The van der Waals surface area contributed by atoms with Crippen LogP contribution in [0.1, 0.15) is 10.4 Å². The topological polar surface area (TPSA) is 128 Å². The number of benzene rings is 2. The second-order valence-electron chi connectivity index (χ2n) is 7.50. The Balaban J connectivity index is 1.94. The molecule has 2 aromatic carbocycles. The van der Waals surface area contributed by atoms with Gasteiger partial charge in [-0.15, -0.1) is 13.2 Å². The van der Waals surface area contributed by atoms with Gasteiger partial charge < -0.3 is 30.4 Å². The number of rotatable bonds is 8. The first-order chi connectivity index (χ1) is 16.3. The predicted octanol–water partition coefficient (Wildman–Crippen LogP) is 4.87. The van der Waals surface area contributed by atoms with E-state index in [1.807, 2.05) is 0 Å². The van der Waals surface area contributed by atoms with Crippen LogP contribution in [0.4, 0.5) is 36.3 Å². The average molecular weight is 530 g/mol. The van der Waals surface area contributed by atoms with Crippen molar-refractivity contribution in [2.45, 2.75) is 6.36 Å². The van der Waals surface area contributed by atoms with Crippen LogP contribution in [0.5, 0.6) is 11.5 Å². The Labute approximate surface area is 203 Å². The molecule has 1 aromatic heterocycles. The molecule has 0 bridgehead atoms. The van der Waals surface area contributed by atoms with Gasteiger partial charge in [-0.3, -0.25) is 4.79 Å². The summed E-state index contributed by atoms with van der Waals surface area (Å²) in [4.78, 5) is 19.6. The van der Waals surface area contributed by atoms with Crippen LogP contribution in [0.2, 0.25) is 5.02 Å². The summed E-state index contributed by atoms with van der Waals surface area (Å²) >= 11 is 6.14. The zero-order chi connectivity index (χ0) is 26.0. The molecule has 0 saturated heterocycles. The van der Waals surface area contributed by atoms with Crippen LogP contribution in [-0.4, -0.2) is 42.7 Å². The maximum absolute atomic E-state index is 12.9. The molecular formula is C21H20ClF3N5O4P. The molecule has 0 fully saturated rings. The van der Waals surface area contributed by atoms with Crippen LogP contribution in [0, 0.1) is 0 Å². The van der Waals surface area contributed by atoms with E-state index in [1.165, 1.54) is 25.4 Å². The quantitative estimate of drug-likeness (QED) is 0.353. The summed E-state index contributed by atoms with van der Waals surface area (Å²) in [5, 5.41) is 6.17. The highest BCUT2D eigenvalue weighted by Crippen LogP contribution is 2.38. The number of hydrogen-bond donors (Lipinski definition) is 3. The molecule has 1 heterocycles. The van der Waals surface area contributed by atoms with E-state index in [0.717, 1.165) is 6.07 Å². The van der Waals surface area contributed by atoms with Crippen molar-refractivity contribution < 1.29 is 32.0 Å². The number of nitrogens with zero attached hydrogens (tertiary/aromatic N) is 2. The lowest BCUT2D eigenvalue weighted by molar-refractivity contribution is -0.274. The van der Waals surface area contributed by atoms with Crippen LogP contribution in [0.15, 0.2) is 42.6 Å². The summed E-state index contributed by atoms with van der Waals surface area (Å²) in [6, 6.07) is 8.16. The van der Waals surface area contributed by atoms with Gasteiger partial charge in [0.15, 0.2) is 11.6 Å². The Morgan fingerprint density at radius 3 is 2.34 bits per heavy atom. The Bertz CT molecular complexity index is 1320. The molecule has 35 heavy (non-hydrogen) atoms. The maximum Gasteiger partial charge on any atom is 0.573 e. The third-order valence-corrected chi connectivity index (χ3v) is 6.34. The Hall–Kier alpha value is -3.50. The van der Waals surface area contributed by atoms with Gasteiger partial charge in [-0.2, -0.15) is 4.98 Å². The van der Waals surface area contributed by atoms with Crippen molar-refractivity contribution >= 4 is 53.1 Å². The number of amides is 1. The summed E-state index contributed by atoms with van der Waals surface area (Å²) in [6.45, 7) is 3.25. The van der Waals surface area contributed by atoms with Crippen LogP contribution >= 0.6 is 18.7 Å². The summed E-state index contributed by atoms with van der Waals surface area (Å²) in [5.74, 6) is -1.28. The molecule has 0 aliphatic carbocycles. The van der Waals surface area contributed by atoms with Gasteiger partial charge in [0, 0.05) is 10.9 Å². The Kier molecular flexibility index (Phi) is 7.47. The molecule has 186 valence electrons. The number of alkyl halides is 3. The number of hydrogen-bond acceptors (Lipinski definition) is 8. The van der Waals surface area contributed by atoms with Crippen molar-refractivity contribution in [2.75, 3.05) is 31.1 Å². The summed E-state index contributed by atoms with van der Waals surface area (Å²) in [6.07, 6.45) is -3.80. The first-order valence-electron chi connectivity index (χ1n) is 9.76. The molecule has 3 aromatic rings. The van der Waals surface area contributed by atoms with Gasteiger partial charge in [0.25, 0.3) is 0 Å². The number of carbonyl (C=O) groups is 1. The monoisotopic (exact) mass is 529 g/mol. The molecule has 4 N–H and O–H groups in total. The van der Waals surface area contributed by atoms with Crippen LogP contribution in [0.25, 0.3) is 0 Å². The Morgan fingerprint density at radius 2 is 1.74 bits per heavy atom. The maximum atomic E-state index is 12.9. The molecule has 3 rings (SSSR count). The van der Waals surface area contributed by atoms with E-state index in [-0.39, 0.29) is 28.0 Å². The highest BCUT2D eigenvalue weighted by molar-refractivity contribution is 7.70. The molecule has 0 spiro atoms. The minimum Gasteiger partial charge on any atom is -0.495 e. The van der Waals surface area contributed by atoms with Gasteiger partial charge in [0.1, 0.15) is 17.9 Å². The number of nitrogens with one attached hydrogen (secondary N) is 2.